The highest BCUT2D eigenvalue weighted by molar-refractivity contribution is 8.17. The molecule has 12 heteroatoms. The summed E-state index contributed by atoms with van der Waals surface area (Å²) >= 11 is 0. The molecule has 0 amide bonds. The quantitative estimate of drug-likeness (QED) is 0.0363. The molecule has 1 heterocycles. The fourth-order valence-electron chi connectivity index (χ4n) is 9.55. The molecule has 3 unspecified atom stereocenters. The fourth-order valence-corrected chi connectivity index (χ4v) is 17.1. The Labute approximate surface area is 392 Å². The van der Waals surface area contributed by atoms with Crippen LogP contribution in [0.25, 0.3) is 0 Å². The van der Waals surface area contributed by atoms with Gasteiger partial charge < -0.3 is 9.47 Å². The Hall–Kier alpha value is -3.71. The van der Waals surface area contributed by atoms with Crippen molar-refractivity contribution in [2.75, 3.05) is 38.6 Å². The zero-order valence-electron chi connectivity index (χ0n) is 39.1. The number of unbranched alkanes of at least 4 members (excludes halogenated alkanes) is 1. The summed E-state index contributed by atoms with van der Waals surface area (Å²) in [6.07, 6.45) is -0.907. The average Bonchev–Trinajstić information content (AvgIpc) is 3.52. The number of halogens is 7. The van der Waals surface area contributed by atoms with E-state index in [1.165, 1.54) is 51.5 Å². The normalized spacial score (nSPS) is 17.8. The second kappa shape index (κ2) is 23.1. The van der Waals surface area contributed by atoms with Gasteiger partial charge in [-0.3, -0.25) is 4.39 Å². The van der Waals surface area contributed by atoms with Crippen molar-refractivity contribution in [2.45, 2.75) is 104 Å². The molecule has 2 nitrogen and oxygen atoms in total. The number of ether oxygens (including phenoxy) is 2. The van der Waals surface area contributed by atoms with E-state index in [0.717, 1.165) is 103 Å². The lowest BCUT2D eigenvalue weighted by atomic mass is 9.88. The number of methoxy groups -OCH3 is 2. The number of alkyl halides is 7. The van der Waals surface area contributed by atoms with Gasteiger partial charge in [-0.15, -0.1) is 0 Å². The maximum Gasteiger partial charge on any atom is 0.416 e. The topological polar surface area (TPSA) is 18.5 Å². The van der Waals surface area contributed by atoms with Gasteiger partial charge in [-0.05, 0) is 220 Å². The molecule has 5 aromatic rings. The minimum atomic E-state index is -4.57. The van der Waals surface area contributed by atoms with Gasteiger partial charge in [0.25, 0.3) is 0 Å². The molecule has 0 aromatic heterocycles. The van der Waals surface area contributed by atoms with Gasteiger partial charge in [0.05, 0.1) is 32.0 Å². The molecule has 1 aliphatic carbocycles. The SMILES string of the molecule is CC1=S(CCCCF)CC1.COc1c(C)cc(P(c2cc(C)c(OC)c(C)c2)c2ccccc2C2CCCCC(CP(c3cccc(C(F)(F)F)c3)c3cccc(C(F)(F)F)c3)C2)cc1C. The van der Waals surface area contributed by atoms with Crippen LogP contribution >= 0.6 is 26.3 Å². The van der Waals surface area contributed by atoms with E-state index < -0.39 is 39.3 Å². The monoisotopic (exact) mass is 970 g/mol. The van der Waals surface area contributed by atoms with Crippen molar-refractivity contribution in [1.29, 1.82) is 0 Å². The van der Waals surface area contributed by atoms with Crippen LogP contribution in [-0.4, -0.2) is 43.4 Å². The lowest BCUT2D eigenvalue weighted by molar-refractivity contribution is -0.138. The highest BCUT2D eigenvalue weighted by Gasteiger charge is 2.35. The van der Waals surface area contributed by atoms with Crippen LogP contribution in [-0.2, 0) is 12.4 Å². The Morgan fingerprint density at radius 1 is 0.621 bits per heavy atom. The van der Waals surface area contributed by atoms with E-state index in [1.807, 2.05) is 0 Å². The van der Waals surface area contributed by atoms with E-state index in [2.05, 4.69) is 83.1 Å². The first kappa shape index (κ1) is 51.7. The molecule has 5 aromatic carbocycles. The van der Waals surface area contributed by atoms with E-state index >= 15 is 0 Å². The van der Waals surface area contributed by atoms with Crippen molar-refractivity contribution in [3.63, 3.8) is 0 Å². The van der Waals surface area contributed by atoms with Crippen LogP contribution in [0.4, 0.5) is 30.7 Å². The third-order valence-electron chi connectivity index (χ3n) is 12.8. The summed E-state index contributed by atoms with van der Waals surface area (Å²) in [7, 11) is 1.40. The van der Waals surface area contributed by atoms with Gasteiger partial charge >= 0.3 is 12.4 Å². The molecule has 0 bridgehead atoms. The minimum Gasteiger partial charge on any atom is -0.496 e. The third kappa shape index (κ3) is 12.9. The zero-order valence-corrected chi connectivity index (χ0v) is 41.7. The minimum absolute atomic E-state index is 0.0907. The van der Waals surface area contributed by atoms with Crippen LogP contribution in [0.3, 0.4) is 0 Å². The van der Waals surface area contributed by atoms with Gasteiger partial charge in [0.2, 0.25) is 0 Å². The van der Waals surface area contributed by atoms with Gasteiger partial charge in [0.1, 0.15) is 11.5 Å². The van der Waals surface area contributed by atoms with Crippen LogP contribution in [0.15, 0.2) is 97.1 Å². The van der Waals surface area contributed by atoms with Crippen LogP contribution in [0.2, 0.25) is 0 Å². The van der Waals surface area contributed by atoms with Crippen LogP contribution in [0.5, 0.6) is 11.5 Å². The third-order valence-corrected chi connectivity index (χ3v) is 20.6. The molecular formula is C54H63F7O2P2S. The van der Waals surface area contributed by atoms with Gasteiger partial charge in [-0.2, -0.15) is 36.8 Å². The molecule has 66 heavy (non-hydrogen) atoms. The summed E-state index contributed by atoms with van der Waals surface area (Å²) in [5, 5.41) is 4.54. The molecular weight excluding hydrogens is 908 g/mol. The Morgan fingerprint density at radius 2 is 1.14 bits per heavy atom. The molecule has 0 N–H and O–H groups in total. The van der Waals surface area contributed by atoms with Gasteiger partial charge in [0.15, 0.2) is 0 Å². The van der Waals surface area contributed by atoms with Gasteiger partial charge in [0, 0.05) is 0 Å². The molecule has 0 saturated heterocycles. The summed E-state index contributed by atoms with van der Waals surface area (Å²) in [5.74, 6) is 4.62. The highest BCUT2D eigenvalue weighted by Crippen LogP contribution is 2.47. The van der Waals surface area contributed by atoms with Gasteiger partial charge in [-0.25, -0.2) is 0 Å². The maximum absolute atomic E-state index is 14.0. The maximum atomic E-state index is 14.0. The number of aryl methyl sites for hydroxylation is 4. The molecule has 1 fully saturated rings. The number of rotatable bonds is 14. The predicted octanol–water partition coefficient (Wildman–Crippen LogP) is 14.1. The van der Waals surface area contributed by atoms with Crippen molar-refractivity contribution in [2.24, 2.45) is 5.92 Å². The predicted molar refractivity (Wildman–Crippen MR) is 268 cm³/mol. The number of hydrogen-bond donors (Lipinski definition) is 0. The summed E-state index contributed by atoms with van der Waals surface area (Å²) in [5.41, 5.74) is 3.91. The van der Waals surface area contributed by atoms with Crippen LogP contribution in [0, 0.1) is 33.6 Å². The largest absolute Gasteiger partial charge is 0.496 e. The first-order valence-electron chi connectivity index (χ1n) is 22.8. The second-order valence-electron chi connectivity index (χ2n) is 17.7. The molecule has 0 spiro atoms. The first-order chi connectivity index (χ1) is 31.4. The molecule has 1 aliphatic heterocycles. The fraction of sp³-hybridized carbons (Fsp3) is 0.426. The lowest BCUT2D eigenvalue weighted by Crippen LogP contribution is -2.26. The molecule has 1 saturated carbocycles. The van der Waals surface area contributed by atoms with E-state index in [1.54, 1.807) is 31.2 Å². The highest BCUT2D eigenvalue weighted by atomic mass is 32.2. The van der Waals surface area contributed by atoms with E-state index in [-0.39, 0.29) is 18.5 Å². The second-order valence-corrected chi connectivity index (χ2v) is 24.6. The number of benzene rings is 5. The van der Waals surface area contributed by atoms with E-state index in [9.17, 15) is 30.7 Å². The standard InChI is InChI=1S/C46H48F6O2P2.C8H15FS/c1-29-21-39(22-30(2)43(29)53-5)56(40-23-31(3)44(54-6)32(4)24-40)42-20-10-9-19-41(42)34-14-8-7-13-33(25-34)28-55(37-17-11-15-35(26-37)45(47,48)49)38-18-12-16-36(27-38)46(50,51)52;1-8-4-7-10(8)6-3-2-5-9/h9-12,15-24,26-27,33-34H,7-8,13-14,25,28H2,1-6H3;2-7H2,1H3. The summed E-state index contributed by atoms with van der Waals surface area (Å²) in [6, 6.07) is 28.0. The Bertz CT molecular complexity index is 2300. The van der Waals surface area contributed by atoms with Crippen molar-refractivity contribution in [3.8, 4) is 11.5 Å². The first-order valence-corrected chi connectivity index (χ1v) is 27.2. The van der Waals surface area contributed by atoms with Crippen molar-refractivity contribution < 1.29 is 40.2 Å². The summed E-state index contributed by atoms with van der Waals surface area (Å²) < 4.78 is 107. The van der Waals surface area contributed by atoms with Crippen molar-refractivity contribution >= 4 is 57.7 Å². The average molecular weight is 971 g/mol. The Balaban J connectivity index is 0.000000637. The molecule has 356 valence electrons. The number of hydrogen-bond acceptors (Lipinski definition) is 2. The summed E-state index contributed by atoms with van der Waals surface area (Å²) in [4.78, 5) is 1.67. The zero-order chi connectivity index (χ0) is 47.8. The molecule has 2 aliphatic rings. The van der Waals surface area contributed by atoms with E-state index in [4.69, 9.17) is 9.47 Å². The van der Waals surface area contributed by atoms with Crippen molar-refractivity contribution in [3.05, 3.63) is 136 Å². The van der Waals surface area contributed by atoms with Gasteiger partial charge in [-0.1, -0.05) is 67.8 Å². The Kier molecular flexibility index (Phi) is 18.1. The molecule has 7 rings (SSSR count). The van der Waals surface area contributed by atoms with Crippen LogP contribution < -0.4 is 36.0 Å². The molecule has 0 radical (unpaired) electrons. The smallest absolute Gasteiger partial charge is 0.416 e. The van der Waals surface area contributed by atoms with Crippen LogP contribution in [0.1, 0.15) is 103 Å². The van der Waals surface area contributed by atoms with Crippen molar-refractivity contribution in [1.82, 2.24) is 0 Å². The van der Waals surface area contributed by atoms with E-state index in [0.29, 0.717) is 27.3 Å². The lowest BCUT2D eigenvalue weighted by Gasteiger charge is -2.30. The molecule has 3 atom stereocenters. The summed E-state index contributed by atoms with van der Waals surface area (Å²) in [6.45, 7) is 10.4. The Morgan fingerprint density at radius 3 is 1.59 bits per heavy atom.